The number of hydrogen-bond acceptors (Lipinski definition) is 6. The first-order valence-corrected chi connectivity index (χ1v) is 8.49. The fourth-order valence-corrected chi connectivity index (χ4v) is 2.51. The molecule has 0 saturated heterocycles. The Labute approximate surface area is 157 Å². The van der Waals surface area contributed by atoms with Gasteiger partial charge in [0, 0.05) is 16.9 Å². The fraction of sp³-hybridized carbons (Fsp3) is 0.158. The Hall–Kier alpha value is -2.99. The minimum Gasteiger partial charge on any atom is -0.495 e. The Kier molecular flexibility index (Phi) is 5.76. The zero-order valence-corrected chi connectivity index (χ0v) is 15.2. The first kappa shape index (κ1) is 17.8. The van der Waals surface area contributed by atoms with Crippen LogP contribution in [0.4, 0.5) is 23.1 Å². The minimum atomic E-state index is 0.432. The summed E-state index contributed by atoms with van der Waals surface area (Å²) in [5.74, 6) is 2.58. The van der Waals surface area contributed by atoms with E-state index in [0.29, 0.717) is 34.8 Å². The maximum atomic E-state index is 6.05. The lowest BCUT2D eigenvalue weighted by Gasteiger charge is -2.12. The molecule has 2 aromatic carbocycles. The quantitative estimate of drug-likeness (QED) is 0.608. The van der Waals surface area contributed by atoms with E-state index in [1.165, 1.54) is 0 Å². The van der Waals surface area contributed by atoms with E-state index in [1.54, 1.807) is 37.6 Å². The van der Waals surface area contributed by atoms with E-state index in [1.807, 2.05) is 31.2 Å². The fourth-order valence-electron chi connectivity index (χ4n) is 2.34. The molecule has 1 aromatic heterocycles. The number of nitrogens with one attached hydrogen (secondary N) is 2. The average molecular weight is 371 g/mol. The van der Waals surface area contributed by atoms with Crippen LogP contribution in [0.15, 0.2) is 54.7 Å². The summed E-state index contributed by atoms with van der Waals surface area (Å²) in [5.41, 5.74) is 1.59. The number of ether oxygens (including phenoxy) is 2. The van der Waals surface area contributed by atoms with Crippen LogP contribution in [0.1, 0.15) is 6.92 Å². The van der Waals surface area contributed by atoms with Gasteiger partial charge in [-0.25, -0.2) is 4.98 Å². The van der Waals surface area contributed by atoms with Crippen LogP contribution in [0.3, 0.4) is 0 Å². The van der Waals surface area contributed by atoms with Crippen LogP contribution in [0, 0.1) is 0 Å². The van der Waals surface area contributed by atoms with Crippen molar-refractivity contribution >= 4 is 34.7 Å². The summed E-state index contributed by atoms with van der Waals surface area (Å²) in [7, 11) is 1.60. The third-order valence-electron chi connectivity index (χ3n) is 3.50. The van der Waals surface area contributed by atoms with Gasteiger partial charge in [0.05, 0.1) is 19.4 Å². The van der Waals surface area contributed by atoms with E-state index in [-0.39, 0.29) is 0 Å². The molecule has 0 aliphatic carbocycles. The van der Waals surface area contributed by atoms with Crippen molar-refractivity contribution in [2.45, 2.75) is 6.92 Å². The molecule has 0 fully saturated rings. The molecule has 0 amide bonds. The molecule has 1 heterocycles. The van der Waals surface area contributed by atoms with Crippen molar-refractivity contribution in [2.24, 2.45) is 0 Å². The second kappa shape index (κ2) is 8.40. The van der Waals surface area contributed by atoms with E-state index >= 15 is 0 Å². The highest BCUT2D eigenvalue weighted by Gasteiger charge is 2.07. The summed E-state index contributed by atoms with van der Waals surface area (Å²) in [6.45, 7) is 2.59. The van der Waals surface area contributed by atoms with E-state index < -0.39 is 0 Å². The van der Waals surface area contributed by atoms with Crippen molar-refractivity contribution < 1.29 is 9.47 Å². The maximum absolute atomic E-state index is 6.05. The van der Waals surface area contributed by atoms with Crippen molar-refractivity contribution in [2.75, 3.05) is 24.4 Å². The number of benzene rings is 2. The normalized spacial score (nSPS) is 10.3. The molecule has 26 heavy (non-hydrogen) atoms. The lowest BCUT2D eigenvalue weighted by atomic mass is 10.3. The summed E-state index contributed by atoms with van der Waals surface area (Å²) < 4.78 is 10.8. The standard InChI is InChI=1S/C19H19ClN4O2/c1-3-26-15-7-5-14(6-8-15)22-18-10-11-21-19(24-18)23-16-12-13(20)4-9-17(16)25-2/h4-12H,3H2,1-2H3,(H2,21,22,23,24). The molecule has 0 saturated carbocycles. The first-order valence-electron chi connectivity index (χ1n) is 8.11. The number of hydrogen-bond donors (Lipinski definition) is 2. The Morgan fingerprint density at radius 2 is 1.85 bits per heavy atom. The molecular weight excluding hydrogens is 352 g/mol. The van der Waals surface area contributed by atoms with Crippen molar-refractivity contribution in [3.05, 3.63) is 59.8 Å². The van der Waals surface area contributed by atoms with Crippen LogP contribution in [-0.2, 0) is 0 Å². The van der Waals surface area contributed by atoms with Gasteiger partial charge < -0.3 is 20.1 Å². The van der Waals surface area contributed by atoms with E-state index in [9.17, 15) is 0 Å². The molecule has 134 valence electrons. The van der Waals surface area contributed by atoms with Crippen LogP contribution in [0.25, 0.3) is 0 Å². The van der Waals surface area contributed by atoms with Crippen LogP contribution >= 0.6 is 11.6 Å². The van der Waals surface area contributed by atoms with E-state index in [4.69, 9.17) is 21.1 Å². The molecular formula is C19H19ClN4O2. The second-order valence-electron chi connectivity index (χ2n) is 5.32. The molecule has 0 unspecified atom stereocenters. The summed E-state index contributed by atoms with van der Waals surface area (Å²) in [4.78, 5) is 8.70. The van der Waals surface area contributed by atoms with Crippen LogP contribution in [-0.4, -0.2) is 23.7 Å². The third kappa shape index (κ3) is 4.55. The number of halogens is 1. The number of anilines is 4. The molecule has 3 aromatic rings. The Morgan fingerprint density at radius 3 is 2.58 bits per heavy atom. The smallest absolute Gasteiger partial charge is 0.229 e. The predicted molar refractivity (Wildman–Crippen MR) is 104 cm³/mol. The molecule has 0 aliphatic rings. The number of rotatable bonds is 7. The van der Waals surface area contributed by atoms with Gasteiger partial charge in [0.25, 0.3) is 0 Å². The molecule has 2 N–H and O–H groups in total. The number of methoxy groups -OCH3 is 1. The van der Waals surface area contributed by atoms with Crippen molar-refractivity contribution in [1.82, 2.24) is 9.97 Å². The van der Waals surface area contributed by atoms with Crippen molar-refractivity contribution in [3.8, 4) is 11.5 Å². The summed E-state index contributed by atoms with van der Waals surface area (Å²) in [6, 6.07) is 14.8. The molecule has 6 nitrogen and oxygen atoms in total. The minimum absolute atomic E-state index is 0.432. The highest BCUT2D eigenvalue weighted by atomic mass is 35.5. The van der Waals surface area contributed by atoms with Gasteiger partial charge >= 0.3 is 0 Å². The van der Waals surface area contributed by atoms with Gasteiger partial charge in [0.1, 0.15) is 17.3 Å². The largest absolute Gasteiger partial charge is 0.495 e. The lowest BCUT2D eigenvalue weighted by Crippen LogP contribution is -2.01. The Balaban J connectivity index is 1.75. The highest BCUT2D eigenvalue weighted by Crippen LogP contribution is 2.29. The SMILES string of the molecule is CCOc1ccc(Nc2ccnc(Nc3cc(Cl)ccc3OC)n2)cc1. The van der Waals surface area contributed by atoms with Gasteiger partial charge in [-0.05, 0) is 55.5 Å². The summed E-state index contributed by atoms with van der Waals surface area (Å²) >= 11 is 6.05. The molecule has 0 bridgehead atoms. The molecule has 0 atom stereocenters. The number of nitrogens with zero attached hydrogens (tertiary/aromatic N) is 2. The van der Waals surface area contributed by atoms with Crippen molar-refractivity contribution in [3.63, 3.8) is 0 Å². The van der Waals surface area contributed by atoms with E-state index in [0.717, 1.165) is 11.4 Å². The molecule has 0 radical (unpaired) electrons. The summed E-state index contributed by atoms with van der Waals surface area (Å²) in [6.07, 6.45) is 1.67. The van der Waals surface area contributed by atoms with Crippen LogP contribution in [0.2, 0.25) is 5.02 Å². The van der Waals surface area contributed by atoms with Crippen LogP contribution in [0.5, 0.6) is 11.5 Å². The molecule has 0 aliphatic heterocycles. The topological polar surface area (TPSA) is 68.3 Å². The first-order chi connectivity index (χ1) is 12.7. The van der Waals surface area contributed by atoms with E-state index in [2.05, 4.69) is 20.6 Å². The van der Waals surface area contributed by atoms with Gasteiger partial charge in [-0.2, -0.15) is 4.98 Å². The maximum Gasteiger partial charge on any atom is 0.229 e. The molecule has 7 heteroatoms. The zero-order valence-electron chi connectivity index (χ0n) is 14.5. The van der Waals surface area contributed by atoms with Gasteiger partial charge in [-0.15, -0.1) is 0 Å². The third-order valence-corrected chi connectivity index (χ3v) is 3.74. The Bertz CT molecular complexity index is 872. The predicted octanol–water partition coefficient (Wildman–Crippen LogP) is 5.02. The average Bonchev–Trinajstić information content (AvgIpc) is 2.64. The molecule has 3 rings (SSSR count). The highest BCUT2D eigenvalue weighted by molar-refractivity contribution is 6.31. The molecule has 0 spiro atoms. The lowest BCUT2D eigenvalue weighted by molar-refractivity contribution is 0.340. The van der Waals surface area contributed by atoms with Gasteiger partial charge in [0.15, 0.2) is 0 Å². The monoisotopic (exact) mass is 370 g/mol. The number of aromatic nitrogens is 2. The van der Waals surface area contributed by atoms with Gasteiger partial charge in [0.2, 0.25) is 5.95 Å². The van der Waals surface area contributed by atoms with Crippen molar-refractivity contribution in [1.29, 1.82) is 0 Å². The van der Waals surface area contributed by atoms with Gasteiger partial charge in [-0.3, -0.25) is 0 Å². The van der Waals surface area contributed by atoms with Gasteiger partial charge in [-0.1, -0.05) is 11.6 Å². The van der Waals surface area contributed by atoms with Crippen LogP contribution < -0.4 is 20.1 Å². The Morgan fingerprint density at radius 1 is 1.04 bits per heavy atom. The zero-order chi connectivity index (χ0) is 18.4. The summed E-state index contributed by atoms with van der Waals surface area (Å²) in [5, 5.41) is 6.95. The second-order valence-corrected chi connectivity index (χ2v) is 5.75.